The van der Waals surface area contributed by atoms with Crippen molar-refractivity contribution in [2.24, 2.45) is 0 Å². The summed E-state index contributed by atoms with van der Waals surface area (Å²) in [7, 11) is 0. The van der Waals surface area contributed by atoms with Crippen LogP contribution in [0.3, 0.4) is 0 Å². The molecule has 0 aliphatic carbocycles. The molecule has 0 saturated carbocycles. The average Bonchev–Trinajstić information content (AvgIpc) is 3.07. The van der Waals surface area contributed by atoms with Crippen LogP contribution in [0, 0.1) is 0 Å². The van der Waals surface area contributed by atoms with Gasteiger partial charge >= 0.3 is 0 Å². The fourth-order valence-electron chi connectivity index (χ4n) is 0.607. The third-order valence-electron chi connectivity index (χ3n) is 1.74. The van der Waals surface area contributed by atoms with Crippen LogP contribution in [0.5, 0.6) is 0 Å². The van der Waals surface area contributed by atoms with E-state index in [9.17, 15) is 0 Å². The summed E-state index contributed by atoms with van der Waals surface area (Å²) in [5, 5.41) is 0. The molecule has 4 aliphatic heterocycles. The van der Waals surface area contributed by atoms with Crippen molar-refractivity contribution >= 4 is 0 Å². The summed E-state index contributed by atoms with van der Waals surface area (Å²) in [6, 6.07) is 0. The van der Waals surface area contributed by atoms with E-state index in [0.717, 1.165) is 46.2 Å². The second-order valence-corrected chi connectivity index (χ2v) is 3.69. The Labute approximate surface area is 91.8 Å². The standard InChI is InChI=1S/C4H8O.C3H6O.2C2H4O/c1-2-4-5-3-1;1-3-2-4-3;2*1-2-3-1/h1-4H2;3H,2H2,1H3;2*1-2H2. The van der Waals surface area contributed by atoms with Gasteiger partial charge in [-0.05, 0) is 19.8 Å². The van der Waals surface area contributed by atoms with Crippen molar-refractivity contribution in [3.05, 3.63) is 0 Å². The Bertz CT molecular complexity index is 109. The Hall–Kier alpha value is -0.160. The van der Waals surface area contributed by atoms with Gasteiger partial charge in [-0.2, -0.15) is 0 Å². The first kappa shape index (κ1) is 12.9. The van der Waals surface area contributed by atoms with E-state index in [2.05, 4.69) is 16.4 Å². The fraction of sp³-hybridized carbons (Fsp3) is 1.00. The molecule has 0 spiro atoms. The highest BCUT2D eigenvalue weighted by atomic mass is 16.6. The smallest absolute Gasteiger partial charge is 0.0781 e. The highest BCUT2D eigenvalue weighted by Gasteiger charge is 2.13. The normalized spacial score (nSPS) is 28.2. The van der Waals surface area contributed by atoms with Crippen molar-refractivity contribution in [2.45, 2.75) is 25.9 Å². The number of hydrogen-bond donors (Lipinski definition) is 0. The second kappa shape index (κ2) is 9.09. The first-order valence-electron chi connectivity index (χ1n) is 5.74. The number of hydrogen-bond acceptors (Lipinski definition) is 4. The molecule has 1 atom stereocenters. The van der Waals surface area contributed by atoms with E-state index in [0.29, 0.717) is 6.10 Å². The maximum atomic E-state index is 4.94. The highest BCUT2D eigenvalue weighted by Crippen LogP contribution is 2.04. The third kappa shape index (κ3) is 20.0. The Kier molecular flexibility index (Phi) is 7.83. The van der Waals surface area contributed by atoms with E-state index in [1.807, 2.05) is 0 Å². The molecule has 4 aliphatic rings. The number of ether oxygens (including phenoxy) is 4. The number of rotatable bonds is 0. The molecule has 15 heavy (non-hydrogen) atoms. The second-order valence-electron chi connectivity index (χ2n) is 3.69. The van der Waals surface area contributed by atoms with Crippen molar-refractivity contribution in [1.82, 2.24) is 0 Å². The summed E-state index contributed by atoms with van der Waals surface area (Å²) in [5.41, 5.74) is 0. The van der Waals surface area contributed by atoms with Crippen LogP contribution in [0.15, 0.2) is 0 Å². The van der Waals surface area contributed by atoms with Crippen molar-refractivity contribution < 1.29 is 18.9 Å². The zero-order valence-electron chi connectivity index (χ0n) is 9.57. The van der Waals surface area contributed by atoms with Gasteiger partial charge in [-0.25, -0.2) is 0 Å². The summed E-state index contributed by atoms with van der Waals surface area (Å²) >= 11 is 0. The zero-order chi connectivity index (χ0) is 10.8. The minimum atomic E-state index is 0.583. The summed E-state index contributed by atoms with van der Waals surface area (Å²) in [6.07, 6.45) is 3.14. The lowest BCUT2D eigenvalue weighted by Crippen LogP contribution is -1.74. The predicted octanol–water partition coefficient (Wildman–Crippen LogP) is 1.24. The molecule has 0 aromatic heterocycles. The van der Waals surface area contributed by atoms with Crippen LogP contribution < -0.4 is 0 Å². The van der Waals surface area contributed by atoms with Crippen LogP contribution in [0.2, 0.25) is 0 Å². The van der Waals surface area contributed by atoms with Gasteiger partial charge in [-0.15, -0.1) is 0 Å². The fourth-order valence-corrected chi connectivity index (χ4v) is 0.607. The molecular weight excluding hydrogens is 196 g/mol. The molecule has 4 heteroatoms. The van der Waals surface area contributed by atoms with E-state index in [1.165, 1.54) is 12.8 Å². The quantitative estimate of drug-likeness (QED) is 0.574. The van der Waals surface area contributed by atoms with Crippen LogP contribution in [-0.4, -0.2) is 52.4 Å². The van der Waals surface area contributed by atoms with E-state index in [4.69, 9.17) is 9.47 Å². The van der Waals surface area contributed by atoms with Gasteiger partial charge in [0.1, 0.15) is 0 Å². The van der Waals surface area contributed by atoms with Gasteiger partial charge in [-0.1, -0.05) is 0 Å². The molecule has 1 unspecified atom stereocenters. The van der Waals surface area contributed by atoms with Crippen LogP contribution in [0.1, 0.15) is 19.8 Å². The minimum Gasteiger partial charge on any atom is -0.381 e. The molecule has 0 aromatic carbocycles. The Morgan fingerprint density at radius 2 is 1.07 bits per heavy atom. The van der Waals surface area contributed by atoms with Crippen LogP contribution in [0.4, 0.5) is 0 Å². The van der Waals surface area contributed by atoms with Gasteiger partial charge in [0.15, 0.2) is 0 Å². The van der Waals surface area contributed by atoms with Gasteiger partial charge in [0.05, 0.1) is 39.1 Å². The lowest BCUT2D eigenvalue weighted by atomic mass is 10.4. The van der Waals surface area contributed by atoms with Crippen molar-refractivity contribution in [2.75, 3.05) is 46.2 Å². The summed E-state index contributed by atoms with van der Waals surface area (Å²) in [5.74, 6) is 0. The predicted molar refractivity (Wildman–Crippen MR) is 57.1 cm³/mol. The van der Waals surface area contributed by atoms with Crippen molar-refractivity contribution in [3.63, 3.8) is 0 Å². The van der Waals surface area contributed by atoms with Crippen LogP contribution in [0.25, 0.3) is 0 Å². The third-order valence-corrected chi connectivity index (χ3v) is 1.74. The first-order valence-corrected chi connectivity index (χ1v) is 5.74. The molecular formula is C11H22O4. The molecule has 0 aromatic rings. The molecule has 4 nitrogen and oxygen atoms in total. The molecule has 0 bridgehead atoms. The van der Waals surface area contributed by atoms with E-state index in [-0.39, 0.29) is 0 Å². The SMILES string of the molecule is C1CCOC1.C1CO1.C1CO1.CC1CO1. The Balaban J connectivity index is 0.000000102. The lowest BCUT2D eigenvalue weighted by molar-refractivity contribution is 0.198. The van der Waals surface area contributed by atoms with Gasteiger partial charge in [0.25, 0.3) is 0 Å². The molecule has 0 N–H and O–H groups in total. The monoisotopic (exact) mass is 218 g/mol. The zero-order valence-corrected chi connectivity index (χ0v) is 9.57. The molecule has 0 amide bonds. The molecule has 4 fully saturated rings. The largest absolute Gasteiger partial charge is 0.381 e. The maximum Gasteiger partial charge on any atom is 0.0781 e. The van der Waals surface area contributed by atoms with Crippen molar-refractivity contribution in [3.8, 4) is 0 Å². The summed E-state index contributed by atoms with van der Waals surface area (Å²) in [6.45, 7) is 9.04. The molecule has 4 saturated heterocycles. The molecule has 90 valence electrons. The minimum absolute atomic E-state index is 0.583. The van der Waals surface area contributed by atoms with E-state index >= 15 is 0 Å². The summed E-state index contributed by atoms with van der Waals surface area (Å²) < 4.78 is 18.7. The average molecular weight is 218 g/mol. The van der Waals surface area contributed by atoms with E-state index < -0.39 is 0 Å². The molecule has 0 radical (unpaired) electrons. The molecule has 4 heterocycles. The van der Waals surface area contributed by atoms with Gasteiger partial charge in [0, 0.05) is 13.2 Å². The van der Waals surface area contributed by atoms with Gasteiger partial charge in [-0.3, -0.25) is 0 Å². The number of epoxide rings is 3. The summed E-state index contributed by atoms with van der Waals surface area (Å²) in [4.78, 5) is 0. The maximum absolute atomic E-state index is 4.94. The topological polar surface area (TPSA) is 46.8 Å². The van der Waals surface area contributed by atoms with Gasteiger partial charge < -0.3 is 18.9 Å². The first-order chi connectivity index (χ1) is 7.39. The Morgan fingerprint density at radius 1 is 0.733 bits per heavy atom. The van der Waals surface area contributed by atoms with E-state index in [1.54, 1.807) is 0 Å². The van der Waals surface area contributed by atoms with Crippen LogP contribution >= 0.6 is 0 Å². The van der Waals surface area contributed by atoms with Crippen LogP contribution in [-0.2, 0) is 18.9 Å². The Morgan fingerprint density at radius 3 is 1.13 bits per heavy atom. The lowest BCUT2D eigenvalue weighted by Gasteiger charge is -1.76. The van der Waals surface area contributed by atoms with Gasteiger partial charge in [0.2, 0.25) is 0 Å². The van der Waals surface area contributed by atoms with Crippen molar-refractivity contribution in [1.29, 1.82) is 0 Å². The molecule has 4 rings (SSSR count). The highest BCUT2D eigenvalue weighted by molar-refractivity contribution is 4.58.